The molecule has 0 spiro atoms. The number of rotatable bonds is 7. The number of benzene rings is 1. The van der Waals surface area contributed by atoms with Crippen molar-refractivity contribution in [2.75, 3.05) is 53.4 Å². The van der Waals surface area contributed by atoms with Crippen LogP contribution in [0.1, 0.15) is 22.3 Å². The largest absolute Gasteiger partial charge is 0.352 e. The van der Waals surface area contributed by atoms with Gasteiger partial charge in [0.25, 0.3) is 5.91 Å². The van der Waals surface area contributed by atoms with Crippen LogP contribution in [0, 0.1) is 0 Å². The van der Waals surface area contributed by atoms with Crippen LogP contribution in [0.2, 0.25) is 0 Å². The Morgan fingerprint density at radius 2 is 1.83 bits per heavy atom. The average Bonchev–Trinajstić information content (AvgIpc) is 2.54. The van der Waals surface area contributed by atoms with Crippen LogP contribution >= 0.6 is 24.8 Å². The first-order valence-corrected chi connectivity index (χ1v) is 8.11. The highest BCUT2D eigenvalue weighted by Gasteiger charge is 2.14. The molecule has 1 aromatic rings. The number of likely N-dealkylation sites (N-methyl/N-ethyl adjacent to an activating group) is 1. The van der Waals surface area contributed by atoms with E-state index in [2.05, 4.69) is 33.5 Å². The van der Waals surface area contributed by atoms with Gasteiger partial charge in [-0.3, -0.25) is 9.69 Å². The molecule has 1 aromatic carbocycles. The highest BCUT2D eigenvalue weighted by Crippen LogP contribution is 2.10. The maximum atomic E-state index is 12.1. The van der Waals surface area contributed by atoms with Gasteiger partial charge in [-0.25, -0.2) is 0 Å². The summed E-state index contributed by atoms with van der Waals surface area (Å²) in [5.41, 5.74) is 1.98. The summed E-state index contributed by atoms with van der Waals surface area (Å²) in [4.78, 5) is 16.9. The highest BCUT2D eigenvalue weighted by atomic mass is 35.5. The average molecular weight is 377 g/mol. The third-order valence-corrected chi connectivity index (χ3v) is 4.08. The Hall–Kier alpha value is -0.850. The first kappa shape index (κ1) is 23.1. The van der Waals surface area contributed by atoms with Crippen molar-refractivity contribution in [2.45, 2.75) is 13.0 Å². The molecule has 5 nitrogen and oxygen atoms in total. The Labute approximate surface area is 158 Å². The Balaban J connectivity index is 0.00000264. The van der Waals surface area contributed by atoms with Crippen molar-refractivity contribution in [3.63, 3.8) is 0 Å². The molecule has 1 heterocycles. The lowest BCUT2D eigenvalue weighted by Gasteiger charge is -2.32. The molecular formula is C17H30Cl2N4O. The third kappa shape index (κ3) is 7.81. The van der Waals surface area contributed by atoms with Crippen molar-refractivity contribution in [2.24, 2.45) is 0 Å². The zero-order chi connectivity index (χ0) is 15.8. The van der Waals surface area contributed by atoms with E-state index < -0.39 is 0 Å². The Bertz CT molecular complexity index is 479. The molecule has 0 saturated carbocycles. The lowest BCUT2D eigenvalue weighted by atomic mass is 10.1. The van der Waals surface area contributed by atoms with Gasteiger partial charge in [-0.2, -0.15) is 0 Å². The molecule has 138 valence electrons. The summed E-state index contributed by atoms with van der Waals surface area (Å²) in [7, 11) is 4.08. The summed E-state index contributed by atoms with van der Waals surface area (Å²) in [5.74, 6) is 0.0244. The Morgan fingerprint density at radius 1 is 1.12 bits per heavy atom. The van der Waals surface area contributed by atoms with Crippen LogP contribution in [-0.4, -0.2) is 69.1 Å². The summed E-state index contributed by atoms with van der Waals surface area (Å²) in [6, 6.07) is 8.00. The van der Waals surface area contributed by atoms with Crippen LogP contribution in [-0.2, 0) is 6.54 Å². The fourth-order valence-corrected chi connectivity index (χ4v) is 2.64. The monoisotopic (exact) mass is 376 g/mol. The summed E-state index contributed by atoms with van der Waals surface area (Å²) >= 11 is 0. The van der Waals surface area contributed by atoms with E-state index in [1.165, 1.54) is 5.56 Å². The van der Waals surface area contributed by atoms with Gasteiger partial charge in [0.05, 0.1) is 0 Å². The molecule has 1 amide bonds. The minimum atomic E-state index is 0. The number of hydrogen-bond acceptors (Lipinski definition) is 4. The van der Waals surface area contributed by atoms with E-state index in [-0.39, 0.29) is 30.7 Å². The topological polar surface area (TPSA) is 47.6 Å². The van der Waals surface area contributed by atoms with Gasteiger partial charge in [0, 0.05) is 44.8 Å². The number of carbonyl (C=O) groups excluding carboxylic acids is 1. The zero-order valence-corrected chi connectivity index (χ0v) is 16.2. The molecule has 2 rings (SSSR count). The summed E-state index contributed by atoms with van der Waals surface area (Å²) < 4.78 is 0. The van der Waals surface area contributed by atoms with Gasteiger partial charge in [0.1, 0.15) is 0 Å². The van der Waals surface area contributed by atoms with Crippen LogP contribution in [0.5, 0.6) is 0 Å². The summed E-state index contributed by atoms with van der Waals surface area (Å²) in [5, 5.41) is 6.05. The number of amides is 1. The molecule has 7 heteroatoms. The van der Waals surface area contributed by atoms with Gasteiger partial charge in [-0.1, -0.05) is 12.1 Å². The fraction of sp³-hybridized carbons (Fsp3) is 0.588. The van der Waals surface area contributed by atoms with Gasteiger partial charge < -0.3 is 15.5 Å². The second-order valence-electron chi connectivity index (χ2n) is 5.99. The molecule has 0 unspecified atom stereocenters. The number of halogens is 2. The molecule has 0 radical (unpaired) electrons. The van der Waals surface area contributed by atoms with E-state index in [1.807, 2.05) is 25.2 Å². The molecule has 0 bridgehead atoms. The number of nitrogens with zero attached hydrogens (tertiary/aromatic N) is 2. The van der Waals surface area contributed by atoms with Gasteiger partial charge >= 0.3 is 0 Å². The zero-order valence-electron chi connectivity index (χ0n) is 14.6. The van der Waals surface area contributed by atoms with Crippen LogP contribution in [0.3, 0.4) is 0 Å². The summed E-state index contributed by atoms with van der Waals surface area (Å²) in [6.45, 7) is 6.98. The lowest BCUT2D eigenvalue weighted by molar-refractivity contribution is 0.0953. The van der Waals surface area contributed by atoms with E-state index in [0.717, 1.165) is 51.3 Å². The van der Waals surface area contributed by atoms with Crippen molar-refractivity contribution < 1.29 is 4.79 Å². The number of piperazine rings is 1. The third-order valence-electron chi connectivity index (χ3n) is 4.08. The lowest BCUT2D eigenvalue weighted by Crippen LogP contribution is -2.43. The predicted molar refractivity (Wildman–Crippen MR) is 105 cm³/mol. The highest BCUT2D eigenvalue weighted by molar-refractivity contribution is 5.94. The first-order valence-electron chi connectivity index (χ1n) is 8.11. The minimum Gasteiger partial charge on any atom is -0.352 e. The van der Waals surface area contributed by atoms with Crippen molar-refractivity contribution in [1.82, 2.24) is 20.4 Å². The second kappa shape index (κ2) is 12.5. The van der Waals surface area contributed by atoms with E-state index in [4.69, 9.17) is 0 Å². The van der Waals surface area contributed by atoms with Crippen molar-refractivity contribution >= 4 is 30.7 Å². The maximum absolute atomic E-state index is 12.1. The van der Waals surface area contributed by atoms with E-state index in [0.29, 0.717) is 6.54 Å². The molecule has 1 saturated heterocycles. The molecule has 2 N–H and O–H groups in total. The van der Waals surface area contributed by atoms with Gasteiger partial charge in [0.15, 0.2) is 0 Å². The number of hydrogen-bond donors (Lipinski definition) is 2. The standard InChI is InChI=1S/C17H28N4O.2ClH/c1-18-7-4-8-19-17(22)16-6-3-5-15(13-16)14-21-11-9-20(2)10-12-21;;/h3,5-6,13,18H,4,7-12,14H2,1-2H3,(H,19,22);2*1H. The van der Waals surface area contributed by atoms with Crippen molar-refractivity contribution in [3.05, 3.63) is 35.4 Å². The molecule has 1 fully saturated rings. The van der Waals surface area contributed by atoms with Gasteiger partial charge in [-0.15, -0.1) is 24.8 Å². The van der Waals surface area contributed by atoms with E-state index in [1.54, 1.807) is 0 Å². The minimum absolute atomic E-state index is 0. The first-order chi connectivity index (χ1) is 10.7. The predicted octanol–water partition coefficient (Wildman–Crippen LogP) is 1.62. The van der Waals surface area contributed by atoms with Crippen LogP contribution in [0.15, 0.2) is 24.3 Å². The van der Waals surface area contributed by atoms with Gasteiger partial charge in [-0.05, 0) is 44.8 Å². The Morgan fingerprint density at radius 3 is 2.50 bits per heavy atom. The van der Waals surface area contributed by atoms with Crippen molar-refractivity contribution in [1.29, 1.82) is 0 Å². The van der Waals surface area contributed by atoms with E-state index in [9.17, 15) is 4.79 Å². The van der Waals surface area contributed by atoms with Gasteiger partial charge in [0.2, 0.25) is 0 Å². The molecule has 1 aliphatic rings. The SMILES string of the molecule is CNCCCNC(=O)c1cccc(CN2CCN(C)CC2)c1.Cl.Cl. The van der Waals surface area contributed by atoms with Crippen molar-refractivity contribution in [3.8, 4) is 0 Å². The molecular weight excluding hydrogens is 347 g/mol. The van der Waals surface area contributed by atoms with E-state index >= 15 is 0 Å². The summed E-state index contributed by atoms with van der Waals surface area (Å²) in [6.07, 6.45) is 0.948. The maximum Gasteiger partial charge on any atom is 0.251 e. The molecule has 24 heavy (non-hydrogen) atoms. The van der Waals surface area contributed by atoms with Crippen LogP contribution in [0.25, 0.3) is 0 Å². The molecule has 0 aliphatic carbocycles. The smallest absolute Gasteiger partial charge is 0.251 e. The molecule has 0 atom stereocenters. The fourth-order valence-electron chi connectivity index (χ4n) is 2.64. The van der Waals surface area contributed by atoms with Crippen LogP contribution < -0.4 is 10.6 Å². The quantitative estimate of drug-likeness (QED) is 0.709. The van der Waals surface area contributed by atoms with Crippen LogP contribution in [0.4, 0.5) is 0 Å². The Kier molecular flexibility index (Phi) is 12.1. The normalized spacial score (nSPS) is 15.2. The number of nitrogens with one attached hydrogen (secondary N) is 2. The second-order valence-corrected chi connectivity index (χ2v) is 5.99. The molecule has 1 aliphatic heterocycles. The number of carbonyl (C=O) groups is 1. The molecule has 0 aromatic heterocycles.